The van der Waals surface area contributed by atoms with Crippen molar-refractivity contribution in [2.75, 3.05) is 6.54 Å². The lowest BCUT2D eigenvalue weighted by atomic mass is 10.2. The standard InChI is InChI=1S/C18H17ClN6O/c1-11-22-23-17-13(4-3-9-25(11)17)18(26)20-8-7-16-21-14-6-5-12(19)10-15(14)24(16)2/h3-6,9-10H,7-8H2,1-2H3,(H,20,26). The van der Waals surface area contributed by atoms with Gasteiger partial charge in [-0.1, -0.05) is 11.6 Å². The topological polar surface area (TPSA) is 77.1 Å². The van der Waals surface area contributed by atoms with Crippen molar-refractivity contribution < 1.29 is 4.79 Å². The molecule has 4 aromatic rings. The smallest absolute Gasteiger partial charge is 0.255 e. The summed E-state index contributed by atoms with van der Waals surface area (Å²) in [5.41, 5.74) is 2.93. The normalized spacial score (nSPS) is 11.3. The van der Waals surface area contributed by atoms with Crippen LogP contribution >= 0.6 is 11.6 Å². The van der Waals surface area contributed by atoms with E-state index in [9.17, 15) is 4.79 Å². The van der Waals surface area contributed by atoms with Crippen LogP contribution in [0.25, 0.3) is 16.7 Å². The van der Waals surface area contributed by atoms with E-state index < -0.39 is 0 Å². The number of nitrogens with zero attached hydrogens (tertiary/aromatic N) is 5. The Labute approximate surface area is 154 Å². The van der Waals surface area contributed by atoms with Gasteiger partial charge in [-0.15, -0.1) is 10.2 Å². The SMILES string of the molecule is Cc1nnc2c(C(=O)NCCc3nc4ccc(Cl)cc4n3C)cccn12. The first-order valence-corrected chi connectivity index (χ1v) is 8.62. The number of aromatic nitrogens is 5. The van der Waals surface area contributed by atoms with Gasteiger partial charge < -0.3 is 9.88 Å². The summed E-state index contributed by atoms with van der Waals surface area (Å²) < 4.78 is 3.79. The van der Waals surface area contributed by atoms with Gasteiger partial charge in [-0.05, 0) is 37.3 Å². The van der Waals surface area contributed by atoms with Crippen molar-refractivity contribution in [1.29, 1.82) is 0 Å². The van der Waals surface area contributed by atoms with Crippen molar-refractivity contribution in [3.05, 3.63) is 58.8 Å². The third-order valence-electron chi connectivity index (χ3n) is 4.42. The number of hydrogen-bond acceptors (Lipinski definition) is 4. The van der Waals surface area contributed by atoms with Crippen LogP contribution in [0.4, 0.5) is 0 Å². The predicted octanol–water partition coefficient (Wildman–Crippen LogP) is 2.55. The number of carbonyl (C=O) groups excluding carboxylic acids is 1. The molecule has 0 saturated heterocycles. The molecule has 1 amide bonds. The van der Waals surface area contributed by atoms with Crippen LogP contribution in [0.5, 0.6) is 0 Å². The molecule has 0 spiro atoms. The Kier molecular flexibility index (Phi) is 4.08. The van der Waals surface area contributed by atoms with Crippen molar-refractivity contribution in [3.63, 3.8) is 0 Å². The molecule has 3 heterocycles. The molecule has 0 aliphatic rings. The molecule has 0 aliphatic carbocycles. The maximum atomic E-state index is 12.5. The van der Waals surface area contributed by atoms with Crippen LogP contribution in [0, 0.1) is 6.92 Å². The second-order valence-electron chi connectivity index (χ2n) is 6.09. The molecule has 0 unspecified atom stereocenters. The lowest BCUT2D eigenvalue weighted by Crippen LogP contribution is -2.27. The summed E-state index contributed by atoms with van der Waals surface area (Å²) in [7, 11) is 1.95. The van der Waals surface area contributed by atoms with Crippen LogP contribution < -0.4 is 5.32 Å². The molecule has 0 bridgehead atoms. The Balaban J connectivity index is 1.49. The van der Waals surface area contributed by atoms with Gasteiger partial charge in [0.05, 0.1) is 16.6 Å². The highest BCUT2D eigenvalue weighted by molar-refractivity contribution is 6.31. The number of nitrogens with one attached hydrogen (secondary N) is 1. The van der Waals surface area contributed by atoms with Gasteiger partial charge in [0.15, 0.2) is 5.65 Å². The van der Waals surface area contributed by atoms with E-state index in [0.29, 0.717) is 29.2 Å². The number of fused-ring (bicyclic) bond motifs is 2. The first-order valence-electron chi connectivity index (χ1n) is 8.24. The molecule has 1 N–H and O–H groups in total. The van der Waals surface area contributed by atoms with Gasteiger partial charge in [0.1, 0.15) is 11.6 Å². The second-order valence-corrected chi connectivity index (χ2v) is 6.53. The monoisotopic (exact) mass is 368 g/mol. The number of benzene rings is 1. The maximum absolute atomic E-state index is 12.5. The molecule has 1 aromatic carbocycles. The Hall–Kier alpha value is -2.93. The van der Waals surface area contributed by atoms with Crippen molar-refractivity contribution in [3.8, 4) is 0 Å². The molecular weight excluding hydrogens is 352 g/mol. The van der Waals surface area contributed by atoms with Crippen LogP contribution in [0.1, 0.15) is 22.0 Å². The number of amides is 1. The molecule has 4 rings (SSSR count). The van der Waals surface area contributed by atoms with Crippen LogP contribution in [0.3, 0.4) is 0 Å². The van der Waals surface area contributed by atoms with Gasteiger partial charge in [-0.25, -0.2) is 4.98 Å². The van der Waals surface area contributed by atoms with Crippen LogP contribution in [-0.2, 0) is 13.5 Å². The van der Waals surface area contributed by atoms with E-state index in [4.69, 9.17) is 11.6 Å². The number of rotatable bonds is 4. The fourth-order valence-electron chi connectivity index (χ4n) is 3.03. The quantitative estimate of drug-likeness (QED) is 0.600. The number of pyridine rings is 1. The third-order valence-corrected chi connectivity index (χ3v) is 4.65. The highest BCUT2D eigenvalue weighted by Crippen LogP contribution is 2.19. The van der Waals surface area contributed by atoms with Crippen molar-refractivity contribution in [2.24, 2.45) is 7.05 Å². The van der Waals surface area contributed by atoms with Crippen molar-refractivity contribution in [1.82, 2.24) is 29.5 Å². The highest BCUT2D eigenvalue weighted by Gasteiger charge is 2.14. The number of hydrogen-bond donors (Lipinski definition) is 1. The summed E-state index contributed by atoms with van der Waals surface area (Å²) in [6, 6.07) is 9.17. The Morgan fingerprint density at radius 1 is 1.27 bits per heavy atom. The number of carbonyl (C=O) groups is 1. The minimum atomic E-state index is -0.176. The summed E-state index contributed by atoms with van der Waals surface area (Å²) in [5.74, 6) is 1.46. The van der Waals surface area contributed by atoms with E-state index >= 15 is 0 Å². The maximum Gasteiger partial charge on any atom is 0.255 e. The fourth-order valence-corrected chi connectivity index (χ4v) is 3.19. The molecule has 0 radical (unpaired) electrons. The summed E-state index contributed by atoms with van der Waals surface area (Å²) in [5, 5.41) is 11.7. The second kappa shape index (κ2) is 6.42. The van der Waals surface area contributed by atoms with E-state index in [1.165, 1.54) is 0 Å². The van der Waals surface area contributed by atoms with Crippen molar-refractivity contribution >= 4 is 34.2 Å². The van der Waals surface area contributed by atoms with E-state index in [-0.39, 0.29) is 5.91 Å². The first kappa shape index (κ1) is 16.5. The van der Waals surface area contributed by atoms with Gasteiger partial charge in [-0.3, -0.25) is 9.20 Å². The fraction of sp³-hybridized carbons (Fsp3) is 0.222. The van der Waals surface area contributed by atoms with E-state index in [1.54, 1.807) is 10.5 Å². The van der Waals surface area contributed by atoms with Gasteiger partial charge in [0.2, 0.25) is 0 Å². The molecule has 0 fully saturated rings. The zero-order valence-corrected chi connectivity index (χ0v) is 15.2. The van der Waals surface area contributed by atoms with E-state index in [2.05, 4.69) is 20.5 Å². The van der Waals surface area contributed by atoms with Crippen molar-refractivity contribution in [2.45, 2.75) is 13.3 Å². The average Bonchev–Trinajstić information content (AvgIpc) is 3.16. The van der Waals surface area contributed by atoms with Crippen LogP contribution in [0.15, 0.2) is 36.5 Å². The van der Waals surface area contributed by atoms with Gasteiger partial charge in [0.25, 0.3) is 5.91 Å². The summed E-state index contributed by atoms with van der Waals surface area (Å²) in [4.78, 5) is 17.1. The Morgan fingerprint density at radius 3 is 2.96 bits per heavy atom. The molecule has 26 heavy (non-hydrogen) atoms. The van der Waals surface area contributed by atoms with Gasteiger partial charge in [-0.2, -0.15) is 0 Å². The molecule has 132 valence electrons. The summed E-state index contributed by atoms with van der Waals surface area (Å²) in [6.07, 6.45) is 2.45. The first-order chi connectivity index (χ1) is 12.5. The van der Waals surface area contributed by atoms with E-state index in [1.807, 2.05) is 49.0 Å². The van der Waals surface area contributed by atoms with E-state index in [0.717, 1.165) is 22.7 Å². The highest BCUT2D eigenvalue weighted by atomic mass is 35.5. The molecule has 0 aliphatic heterocycles. The van der Waals surface area contributed by atoms with Crippen LogP contribution in [0.2, 0.25) is 5.02 Å². The molecular formula is C18H17ClN6O. The lowest BCUT2D eigenvalue weighted by Gasteiger charge is -2.06. The summed E-state index contributed by atoms with van der Waals surface area (Å²) >= 11 is 6.05. The largest absolute Gasteiger partial charge is 0.351 e. The molecule has 3 aromatic heterocycles. The molecule has 0 saturated carbocycles. The Morgan fingerprint density at radius 2 is 2.12 bits per heavy atom. The average molecular weight is 369 g/mol. The lowest BCUT2D eigenvalue weighted by molar-refractivity contribution is 0.0955. The van der Waals surface area contributed by atoms with Gasteiger partial charge in [0, 0.05) is 31.2 Å². The minimum Gasteiger partial charge on any atom is -0.351 e. The minimum absolute atomic E-state index is 0.176. The summed E-state index contributed by atoms with van der Waals surface area (Å²) in [6.45, 7) is 2.32. The number of halogens is 1. The number of imidazole rings is 1. The zero-order valence-electron chi connectivity index (χ0n) is 14.4. The molecule has 7 nitrogen and oxygen atoms in total. The van der Waals surface area contributed by atoms with Gasteiger partial charge >= 0.3 is 0 Å². The predicted molar refractivity (Wildman–Crippen MR) is 99.5 cm³/mol. The third kappa shape index (κ3) is 2.80. The zero-order chi connectivity index (χ0) is 18.3. The molecule has 8 heteroatoms. The number of aryl methyl sites for hydroxylation is 2. The Bertz CT molecular complexity index is 1130. The molecule has 0 atom stereocenters. The van der Waals surface area contributed by atoms with Crippen LogP contribution in [-0.4, -0.2) is 36.6 Å².